The molecule has 0 N–H and O–H groups in total. The monoisotopic (exact) mass is 338 g/mol. The molecule has 0 amide bonds. The van der Waals surface area contributed by atoms with Gasteiger partial charge in [0.2, 0.25) is 0 Å². The summed E-state index contributed by atoms with van der Waals surface area (Å²) in [6.07, 6.45) is 1.84. The number of likely N-dealkylation sites (N-methyl/N-ethyl adjacent to an activating group) is 1. The number of Topliss-reactive ketones (excluding diaryl/α,β-unsaturated/α-hetero) is 1. The number of carbonyl (C=O) groups is 1. The van der Waals surface area contributed by atoms with Gasteiger partial charge in [0.25, 0.3) is 0 Å². The molecule has 5 nitrogen and oxygen atoms in total. The predicted molar refractivity (Wildman–Crippen MR) is 98.2 cm³/mol. The van der Waals surface area contributed by atoms with E-state index in [1.165, 1.54) is 16.9 Å². The van der Waals surface area contributed by atoms with E-state index in [-0.39, 0.29) is 5.78 Å². The minimum Gasteiger partial charge on any atom is -0.358 e. The second-order valence-corrected chi connectivity index (χ2v) is 7.09. The van der Waals surface area contributed by atoms with E-state index in [9.17, 15) is 4.79 Å². The number of fused-ring (bicyclic) bond motifs is 2. The highest BCUT2D eigenvalue weighted by Gasteiger charge is 2.20. The zero-order chi connectivity index (χ0) is 16.7. The van der Waals surface area contributed by atoms with E-state index in [0.29, 0.717) is 0 Å². The van der Waals surface area contributed by atoms with Gasteiger partial charge < -0.3 is 9.80 Å². The number of hydrogen-bond acceptors (Lipinski definition) is 6. The van der Waals surface area contributed by atoms with Crippen molar-refractivity contribution >= 4 is 39.0 Å². The average molecular weight is 338 g/mol. The number of nitrogens with zero attached hydrogens (tertiary/aromatic N) is 4. The van der Waals surface area contributed by atoms with Gasteiger partial charge in [0.15, 0.2) is 5.78 Å². The average Bonchev–Trinajstić information content (AvgIpc) is 2.94. The molecule has 24 heavy (non-hydrogen) atoms. The molecule has 0 atom stereocenters. The summed E-state index contributed by atoms with van der Waals surface area (Å²) >= 11 is 1.46. The highest BCUT2D eigenvalue weighted by atomic mass is 32.1. The second-order valence-electron chi connectivity index (χ2n) is 6.06. The number of pyridine rings is 2. The van der Waals surface area contributed by atoms with Crippen LogP contribution < -0.4 is 9.80 Å². The molecule has 0 saturated heterocycles. The SMILES string of the molecule is CC(=O)c1cc2ccc(N3CCN(C)c4ncccc4C3)nc2s1. The van der Waals surface area contributed by atoms with Crippen molar-refractivity contribution in [2.75, 3.05) is 29.9 Å². The molecule has 1 aliphatic heterocycles. The Labute approximate surface area is 144 Å². The smallest absolute Gasteiger partial charge is 0.169 e. The van der Waals surface area contributed by atoms with Gasteiger partial charge in [0, 0.05) is 43.8 Å². The van der Waals surface area contributed by atoms with Gasteiger partial charge in [-0.1, -0.05) is 6.07 Å². The van der Waals surface area contributed by atoms with Crippen molar-refractivity contribution in [2.45, 2.75) is 13.5 Å². The number of hydrogen-bond donors (Lipinski definition) is 0. The number of aromatic nitrogens is 2. The quantitative estimate of drug-likeness (QED) is 0.671. The fourth-order valence-electron chi connectivity index (χ4n) is 3.01. The van der Waals surface area contributed by atoms with Crippen molar-refractivity contribution in [1.29, 1.82) is 0 Å². The molecule has 0 saturated carbocycles. The van der Waals surface area contributed by atoms with Crippen LogP contribution in [0.5, 0.6) is 0 Å². The van der Waals surface area contributed by atoms with Crippen molar-refractivity contribution < 1.29 is 4.79 Å². The zero-order valence-electron chi connectivity index (χ0n) is 13.7. The molecule has 6 heteroatoms. The predicted octanol–water partition coefficient (Wildman–Crippen LogP) is 3.35. The third kappa shape index (κ3) is 2.63. The van der Waals surface area contributed by atoms with Gasteiger partial charge in [0.05, 0.1) is 4.88 Å². The first-order valence-corrected chi connectivity index (χ1v) is 8.75. The Morgan fingerprint density at radius 3 is 2.96 bits per heavy atom. The molecule has 0 fully saturated rings. The Balaban J connectivity index is 1.71. The number of thiophene rings is 1. The van der Waals surface area contributed by atoms with Crippen LogP contribution in [0.25, 0.3) is 10.2 Å². The topological polar surface area (TPSA) is 49.3 Å². The lowest BCUT2D eigenvalue weighted by Gasteiger charge is -2.21. The Bertz CT molecular complexity index is 920. The first-order chi connectivity index (χ1) is 11.6. The molecule has 0 spiro atoms. The maximum atomic E-state index is 11.6. The summed E-state index contributed by atoms with van der Waals surface area (Å²) in [6, 6.07) is 10.1. The largest absolute Gasteiger partial charge is 0.358 e. The number of anilines is 2. The van der Waals surface area contributed by atoms with E-state index in [1.54, 1.807) is 6.92 Å². The maximum Gasteiger partial charge on any atom is 0.169 e. The molecule has 122 valence electrons. The van der Waals surface area contributed by atoms with Crippen molar-refractivity contribution in [3.8, 4) is 0 Å². The van der Waals surface area contributed by atoms with E-state index in [2.05, 4.69) is 34.0 Å². The van der Waals surface area contributed by atoms with Crippen LogP contribution in [0, 0.1) is 0 Å². The third-order valence-corrected chi connectivity index (χ3v) is 5.48. The van der Waals surface area contributed by atoms with Crippen LogP contribution in [0.3, 0.4) is 0 Å². The van der Waals surface area contributed by atoms with Crippen molar-refractivity contribution in [3.05, 3.63) is 47.0 Å². The van der Waals surface area contributed by atoms with Gasteiger partial charge in [-0.05, 0) is 31.2 Å². The van der Waals surface area contributed by atoms with Crippen LogP contribution in [0.1, 0.15) is 22.2 Å². The first-order valence-electron chi connectivity index (χ1n) is 7.93. The van der Waals surface area contributed by atoms with E-state index in [0.717, 1.165) is 46.4 Å². The van der Waals surface area contributed by atoms with Crippen molar-refractivity contribution in [3.63, 3.8) is 0 Å². The lowest BCUT2D eigenvalue weighted by molar-refractivity contribution is 0.102. The van der Waals surface area contributed by atoms with Crippen LogP contribution >= 0.6 is 11.3 Å². The molecule has 3 aromatic rings. The molecule has 0 unspecified atom stereocenters. The lowest BCUT2D eigenvalue weighted by atomic mass is 10.2. The molecule has 4 rings (SSSR count). The van der Waals surface area contributed by atoms with Crippen LogP contribution in [-0.4, -0.2) is 35.9 Å². The van der Waals surface area contributed by atoms with Crippen LogP contribution in [-0.2, 0) is 6.54 Å². The van der Waals surface area contributed by atoms with Crippen LogP contribution in [0.2, 0.25) is 0 Å². The molecule has 0 bridgehead atoms. The highest BCUT2D eigenvalue weighted by Crippen LogP contribution is 2.29. The summed E-state index contributed by atoms with van der Waals surface area (Å²) in [5.41, 5.74) is 1.20. The van der Waals surface area contributed by atoms with Gasteiger partial charge in [-0.15, -0.1) is 11.3 Å². The molecular formula is C18H18N4OS. The third-order valence-electron chi connectivity index (χ3n) is 4.33. The molecule has 0 radical (unpaired) electrons. The van der Waals surface area contributed by atoms with Crippen molar-refractivity contribution in [2.24, 2.45) is 0 Å². The number of rotatable bonds is 2. The van der Waals surface area contributed by atoms with Crippen LogP contribution in [0.4, 0.5) is 11.6 Å². The molecule has 4 heterocycles. The summed E-state index contributed by atoms with van der Waals surface area (Å²) in [5.74, 6) is 2.08. The van der Waals surface area contributed by atoms with E-state index >= 15 is 0 Å². The summed E-state index contributed by atoms with van der Waals surface area (Å²) in [6.45, 7) is 4.17. The highest BCUT2D eigenvalue weighted by molar-refractivity contribution is 7.20. The van der Waals surface area contributed by atoms with Crippen molar-refractivity contribution in [1.82, 2.24) is 9.97 Å². The Morgan fingerprint density at radius 2 is 2.12 bits per heavy atom. The Hall–Kier alpha value is -2.47. The zero-order valence-corrected chi connectivity index (χ0v) is 14.5. The van der Waals surface area contributed by atoms with E-state index in [1.807, 2.05) is 24.4 Å². The number of carbonyl (C=O) groups excluding carboxylic acids is 1. The normalized spacial score (nSPS) is 14.6. The molecule has 0 aliphatic carbocycles. The fraction of sp³-hybridized carbons (Fsp3) is 0.278. The fourth-order valence-corrected chi connectivity index (χ4v) is 3.93. The van der Waals surface area contributed by atoms with Gasteiger partial charge in [-0.25, -0.2) is 9.97 Å². The summed E-state index contributed by atoms with van der Waals surface area (Å²) in [5, 5.41) is 1.03. The van der Waals surface area contributed by atoms with Gasteiger partial charge in [-0.3, -0.25) is 4.79 Å². The maximum absolute atomic E-state index is 11.6. The molecule has 1 aliphatic rings. The van der Waals surface area contributed by atoms with E-state index < -0.39 is 0 Å². The van der Waals surface area contributed by atoms with E-state index in [4.69, 9.17) is 4.98 Å². The first kappa shape index (κ1) is 15.1. The lowest BCUT2D eigenvalue weighted by Crippen LogP contribution is -2.29. The second kappa shape index (κ2) is 5.87. The summed E-state index contributed by atoms with van der Waals surface area (Å²) in [7, 11) is 2.07. The van der Waals surface area contributed by atoms with Gasteiger partial charge in [-0.2, -0.15) is 0 Å². The number of ketones is 1. The molecule has 0 aromatic carbocycles. The Kier molecular flexibility index (Phi) is 3.69. The standard InChI is InChI=1S/C18H18N4OS/c1-12(23)15-10-13-5-6-16(20-18(13)24-15)22-9-8-21(2)17-14(11-22)4-3-7-19-17/h3-7,10H,8-9,11H2,1-2H3. The minimum absolute atomic E-state index is 0.0935. The molecule has 3 aromatic heterocycles. The molecular weight excluding hydrogens is 320 g/mol. The minimum atomic E-state index is 0.0935. The van der Waals surface area contributed by atoms with Gasteiger partial charge >= 0.3 is 0 Å². The Morgan fingerprint density at radius 1 is 1.25 bits per heavy atom. The summed E-state index contributed by atoms with van der Waals surface area (Å²) in [4.78, 5) is 27.0. The van der Waals surface area contributed by atoms with Gasteiger partial charge in [0.1, 0.15) is 16.5 Å². The van der Waals surface area contributed by atoms with Crippen LogP contribution in [0.15, 0.2) is 36.5 Å². The summed E-state index contributed by atoms with van der Waals surface area (Å²) < 4.78 is 0.